The molecule has 0 radical (unpaired) electrons. The minimum Gasteiger partial charge on any atom is -0.444 e. The summed E-state index contributed by atoms with van der Waals surface area (Å²) in [6, 6.07) is 5.98. The highest BCUT2D eigenvalue weighted by Crippen LogP contribution is 2.37. The number of pyridine rings is 1. The van der Waals surface area contributed by atoms with E-state index in [9.17, 15) is 4.79 Å². The van der Waals surface area contributed by atoms with Crippen LogP contribution in [0.15, 0.2) is 24.4 Å². The van der Waals surface area contributed by atoms with E-state index in [2.05, 4.69) is 11.1 Å². The van der Waals surface area contributed by atoms with Gasteiger partial charge >= 0.3 is 6.09 Å². The number of nitriles is 1. The number of aromatic nitrogens is 1. The maximum atomic E-state index is 12.6. The molecule has 0 N–H and O–H groups in total. The van der Waals surface area contributed by atoms with Crippen molar-refractivity contribution in [1.29, 1.82) is 5.26 Å². The lowest BCUT2D eigenvalue weighted by Crippen LogP contribution is -2.53. The Kier molecular flexibility index (Phi) is 4.31. The van der Waals surface area contributed by atoms with Crippen LogP contribution >= 0.6 is 0 Å². The number of piperidine rings is 1. The van der Waals surface area contributed by atoms with Crippen molar-refractivity contribution in [2.24, 2.45) is 0 Å². The van der Waals surface area contributed by atoms with Crippen molar-refractivity contribution in [2.75, 3.05) is 0 Å². The Labute approximate surface area is 142 Å². The summed E-state index contributed by atoms with van der Waals surface area (Å²) in [5.74, 6) is 0. The van der Waals surface area contributed by atoms with E-state index in [1.165, 1.54) is 5.57 Å². The van der Waals surface area contributed by atoms with Crippen molar-refractivity contribution in [1.82, 2.24) is 9.88 Å². The van der Waals surface area contributed by atoms with Crippen LogP contribution < -0.4 is 0 Å². The van der Waals surface area contributed by atoms with Gasteiger partial charge in [0.25, 0.3) is 0 Å². The predicted molar refractivity (Wildman–Crippen MR) is 91.0 cm³/mol. The van der Waals surface area contributed by atoms with Crippen LogP contribution in [0.1, 0.15) is 57.7 Å². The summed E-state index contributed by atoms with van der Waals surface area (Å²) < 4.78 is 5.59. The first kappa shape index (κ1) is 16.5. The number of nitrogens with zero attached hydrogens (tertiary/aromatic N) is 3. The molecule has 0 aromatic carbocycles. The number of hydrogen-bond acceptors (Lipinski definition) is 4. The van der Waals surface area contributed by atoms with Crippen molar-refractivity contribution in [3.8, 4) is 6.07 Å². The number of carbonyl (C=O) groups is 1. The van der Waals surface area contributed by atoms with Gasteiger partial charge in [-0.15, -0.1) is 0 Å². The molecule has 2 aliphatic heterocycles. The zero-order valence-electron chi connectivity index (χ0n) is 14.5. The molecule has 0 aliphatic carbocycles. The van der Waals surface area contributed by atoms with E-state index in [0.29, 0.717) is 5.69 Å². The maximum Gasteiger partial charge on any atom is 0.411 e. The van der Waals surface area contributed by atoms with Gasteiger partial charge in [0.15, 0.2) is 0 Å². The van der Waals surface area contributed by atoms with Crippen molar-refractivity contribution >= 4 is 11.7 Å². The molecule has 0 saturated carbocycles. The first-order valence-corrected chi connectivity index (χ1v) is 8.46. The Morgan fingerprint density at radius 2 is 2.17 bits per heavy atom. The summed E-state index contributed by atoms with van der Waals surface area (Å²) in [5, 5.41) is 8.87. The lowest BCUT2D eigenvalue weighted by molar-refractivity contribution is 0.0000853. The first-order valence-electron chi connectivity index (χ1n) is 8.46. The topological polar surface area (TPSA) is 66.2 Å². The predicted octanol–water partition coefficient (Wildman–Crippen LogP) is 3.90. The lowest BCUT2D eigenvalue weighted by Gasteiger charge is -2.45. The highest BCUT2D eigenvalue weighted by molar-refractivity contribution is 5.74. The fourth-order valence-electron chi connectivity index (χ4n) is 3.49. The van der Waals surface area contributed by atoms with Crippen LogP contribution in [0.4, 0.5) is 4.79 Å². The van der Waals surface area contributed by atoms with Crippen LogP contribution in [0.5, 0.6) is 0 Å². The van der Waals surface area contributed by atoms with Crippen molar-refractivity contribution in [3.63, 3.8) is 0 Å². The number of ether oxygens (including phenoxy) is 1. The molecule has 126 valence electrons. The molecule has 2 unspecified atom stereocenters. The van der Waals surface area contributed by atoms with Gasteiger partial charge < -0.3 is 4.74 Å². The summed E-state index contributed by atoms with van der Waals surface area (Å²) >= 11 is 0. The summed E-state index contributed by atoms with van der Waals surface area (Å²) in [6.07, 6.45) is 7.60. The second-order valence-corrected chi connectivity index (χ2v) is 7.48. The van der Waals surface area contributed by atoms with E-state index in [4.69, 9.17) is 10.00 Å². The number of fused-ring (bicyclic) bond motifs is 2. The summed E-state index contributed by atoms with van der Waals surface area (Å²) in [6.45, 7) is 5.69. The summed E-state index contributed by atoms with van der Waals surface area (Å²) in [4.78, 5) is 18.7. The minimum atomic E-state index is -0.480. The van der Waals surface area contributed by atoms with Crippen LogP contribution in [0.25, 0.3) is 5.57 Å². The zero-order valence-corrected chi connectivity index (χ0v) is 14.5. The average Bonchev–Trinajstić information content (AvgIpc) is 2.52. The van der Waals surface area contributed by atoms with Gasteiger partial charge in [-0.3, -0.25) is 4.90 Å². The van der Waals surface area contributed by atoms with E-state index in [1.54, 1.807) is 12.3 Å². The van der Waals surface area contributed by atoms with Crippen molar-refractivity contribution in [3.05, 3.63) is 35.7 Å². The smallest absolute Gasteiger partial charge is 0.411 e. The molecule has 5 nitrogen and oxygen atoms in total. The average molecular weight is 325 g/mol. The molecule has 3 heterocycles. The molecule has 24 heavy (non-hydrogen) atoms. The highest BCUT2D eigenvalue weighted by Gasteiger charge is 2.39. The Bertz CT molecular complexity index is 695. The molecule has 2 bridgehead atoms. The molecule has 1 fully saturated rings. The van der Waals surface area contributed by atoms with Gasteiger partial charge in [-0.2, -0.15) is 5.26 Å². The van der Waals surface area contributed by atoms with Gasteiger partial charge in [-0.05, 0) is 63.7 Å². The quantitative estimate of drug-likeness (QED) is 0.785. The molecule has 2 atom stereocenters. The van der Waals surface area contributed by atoms with E-state index >= 15 is 0 Å². The molecule has 0 spiro atoms. The van der Waals surface area contributed by atoms with Crippen LogP contribution in [-0.4, -0.2) is 33.7 Å². The molecule has 3 rings (SSSR count). The zero-order chi connectivity index (χ0) is 17.3. The Morgan fingerprint density at radius 3 is 2.75 bits per heavy atom. The lowest BCUT2D eigenvalue weighted by atomic mass is 9.83. The first-order chi connectivity index (χ1) is 11.4. The Balaban J connectivity index is 1.84. The second kappa shape index (κ2) is 6.27. The van der Waals surface area contributed by atoms with Gasteiger partial charge in [0.2, 0.25) is 0 Å². The van der Waals surface area contributed by atoms with E-state index < -0.39 is 5.60 Å². The minimum absolute atomic E-state index is 0.0815. The Hall–Kier alpha value is -2.35. The highest BCUT2D eigenvalue weighted by atomic mass is 16.6. The molecule has 1 saturated heterocycles. The largest absolute Gasteiger partial charge is 0.444 e. The van der Waals surface area contributed by atoms with E-state index in [1.807, 2.05) is 37.8 Å². The van der Waals surface area contributed by atoms with Gasteiger partial charge in [0, 0.05) is 12.2 Å². The van der Waals surface area contributed by atoms with E-state index in [-0.39, 0.29) is 18.2 Å². The van der Waals surface area contributed by atoms with Crippen molar-refractivity contribution in [2.45, 2.75) is 64.1 Å². The SMILES string of the molecule is CC(C)(C)OC(=O)N1C2C=C(c3ccc(C#N)nc3)CC1CCC2. The second-order valence-electron chi connectivity index (χ2n) is 7.48. The van der Waals surface area contributed by atoms with Gasteiger partial charge in [-0.1, -0.05) is 12.1 Å². The third-order valence-corrected chi connectivity index (χ3v) is 4.49. The summed E-state index contributed by atoms with van der Waals surface area (Å²) in [7, 11) is 0. The molecular weight excluding hydrogens is 302 g/mol. The van der Waals surface area contributed by atoms with Crippen molar-refractivity contribution < 1.29 is 9.53 Å². The maximum absolute atomic E-state index is 12.6. The molecule has 5 heteroatoms. The normalized spacial score (nSPS) is 23.2. The molecule has 1 amide bonds. The van der Waals surface area contributed by atoms with Crippen LogP contribution in [0.2, 0.25) is 0 Å². The van der Waals surface area contributed by atoms with E-state index in [0.717, 1.165) is 31.2 Å². The Morgan fingerprint density at radius 1 is 1.38 bits per heavy atom. The van der Waals surface area contributed by atoms with Gasteiger partial charge in [0.05, 0.1) is 6.04 Å². The number of hydrogen-bond donors (Lipinski definition) is 0. The molecule has 1 aromatic heterocycles. The molecule has 2 aliphatic rings. The standard InChI is InChI=1S/C19H23N3O2/c1-19(2,3)24-18(23)22-16-5-4-6-17(22)10-14(9-16)13-7-8-15(11-20)21-12-13/h7-9,12,16-17H,4-6,10H2,1-3H3. The third-order valence-electron chi connectivity index (χ3n) is 4.49. The molecule has 1 aromatic rings. The van der Waals surface area contributed by atoms with Gasteiger partial charge in [0.1, 0.15) is 17.4 Å². The number of carbonyl (C=O) groups excluding carboxylic acids is 1. The monoisotopic (exact) mass is 325 g/mol. The summed E-state index contributed by atoms with van der Waals surface area (Å²) in [5.41, 5.74) is 2.19. The van der Waals surface area contributed by atoms with Gasteiger partial charge in [-0.25, -0.2) is 9.78 Å². The number of rotatable bonds is 1. The third kappa shape index (κ3) is 3.43. The molecular formula is C19H23N3O2. The van der Waals surface area contributed by atoms with Crippen LogP contribution in [0.3, 0.4) is 0 Å². The fraction of sp³-hybridized carbons (Fsp3) is 0.526. The van der Waals surface area contributed by atoms with Crippen LogP contribution in [0, 0.1) is 11.3 Å². The van der Waals surface area contributed by atoms with Crippen LogP contribution in [-0.2, 0) is 4.74 Å². The fourth-order valence-corrected chi connectivity index (χ4v) is 3.49. The number of amides is 1.